The van der Waals surface area contributed by atoms with Crippen LogP contribution in [0.1, 0.15) is 13.3 Å². The summed E-state index contributed by atoms with van der Waals surface area (Å²) in [5.41, 5.74) is 5.78. The zero-order valence-electron chi connectivity index (χ0n) is 9.65. The van der Waals surface area contributed by atoms with Crippen LogP contribution in [0.2, 0.25) is 10.0 Å². The Hall–Kier alpha value is -0.530. The standard InChI is InChI=1S/C10H14Cl2N2O3S/c1-2-7(5-15)14-18(16,17)10-8(11)3-6(13)4-9(10)12/h3-4,7,14-15H,2,5,13H2,1H3. The van der Waals surface area contributed by atoms with Gasteiger partial charge in [0.1, 0.15) is 4.90 Å². The van der Waals surface area contributed by atoms with Gasteiger partial charge >= 0.3 is 0 Å². The predicted octanol–water partition coefficient (Wildman–Crippen LogP) is 1.62. The van der Waals surface area contributed by atoms with E-state index in [1.807, 2.05) is 0 Å². The molecule has 0 fully saturated rings. The van der Waals surface area contributed by atoms with Gasteiger partial charge in [-0.15, -0.1) is 0 Å². The van der Waals surface area contributed by atoms with Crippen LogP contribution < -0.4 is 10.5 Å². The number of sulfonamides is 1. The maximum atomic E-state index is 12.1. The normalized spacial score (nSPS) is 13.6. The van der Waals surface area contributed by atoms with E-state index in [2.05, 4.69) is 4.72 Å². The lowest BCUT2D eigenvalue weighted by Gasteiger charge is -2.16. The Labute approximate surface area is 116 Å². The fourth-order valence-electron chi connectivity index (χ4n) is 1.36. The Kier molecular flexibility index (Phi) is 5.24. The van der Waals surface area contributed by atoms with Gasteiger partial charge < -0.3 is 10.8 Å². The van der Waals surface area contributed by atoms with Crippen molar-refractivity contribution in [2.45, 2.75) is 24.3 Å². The molecule has 0 heterocycles. The van der Waals surface area contributed by atoms with Crippen LogP contribution in [0.15, 0.2) is 17.0 Å². The average molecular weight is 313 g/mol. The number of benzene rings is 1. The third-order valence-electron chi connectivity index (χ3n) is 2.32. The molecule has 1 aromatic rings. The molecule has 0 aliphatic rings. The maximum Gasteiger partial charge on any atom is 0.243 e. The van der Waals surface area contributed by atoms with Crippen molar-refractivity contribution in [3.63, 3.8) is 0 Å². The van der Waals surface area contributed by atoms with Gasteiger partial charge in [0.25, 0.3) is 0 Å². The minimum absolute atomic E-state index is 0.0553. The third kappa shape index (κ3) is 3.49. The molecule has 0 amide bonds. The van der Waals surface area contributed by atoms with E-state index in [1.54, 1.807) is 6.92 Å². The van der Waals surface area contributed by atoms with E-state index in [0.29, 0.717) is 6.42 Å². The fourth-order valence-corrected chi connectivity index (χ4v) is 3.91. The molecule has 1 unspecified atom stereocenters. The van der Waals surface area contributed by atoms with Crippen molar-refractivity contribution in [2.24, 2.45) is 0 Å². The van der Waals surface area contributed by atoms with Crippen molar-refractivity contribution in [3.8, 4) is 0 Å². The second kappa shape index (κ2) is 6.08. The molecule has 0 aromatic heterocycles. The number of nitrogen functional groups attached to an aromatic ring is 1. The monoisotopic (exact) mass is 312 g/mol. The van der Waals surface area contributed by atoms with Crippen LogP contribution in [0.5, 0.6) is 0 Å². The summed E-state index contributed by atoms with van der Waals surface area (Å²) < 4.78 is 26.5. The Morgan fingerprint density at radius 3 is 2.28 bits per heavy atom. The quantitative estimate of drug-likeness (QED) is 0.720. The molecule has 1 aromatic carbocycles. The smallest absolute Gasteiger partial charge is 0.243 e. The average Bonchev–Trinajstić information content (AvgIpc) is 2.23. The van der Waals surface area contributed by atoms with Crippen molar-refractivity contribution in [2.75, 3.05) is 12.3 Å². The highest BCUT2D eigenvalue weighted by molar-refractivity contribution is 7.89. The highest BCUT2D eigenvalue weighted by Gasteiger charge is 2.24. The lowest BCUT2D eigenvalue weighted by Crippen LogP contribution is -2.37. The Bertz CT molecular complexity index is 507. The molecule has 0 aliphatic heterocycles. The summed E-state index contributed by atoms with van der Waals surface area (Å²) in [6.45, 7) is 1.44. The molecule has 4 N–H and O–H groups in total. The summed E-state index contributed by atoms with van der Waals surface area (Å²) in [5.74, 6) is 0. The number of nitrogens with two attached hydrogens (primary N) is 1. The number of hydrogen-bond acceptors (Lipinski definition) is 4. The lowest BCUT2D eigenvalue weighted by molar-refractivity contribution is 0.254. The van der Waals surface area contributed by atoms with Gasteiger partial charge in [0.2, 0.25) is 10.0 Å². The van der Waals surface area contributed by atoms with E-state index in [0.717, 1.165) is 0 Å². The molecule has 0 radical (unpaired) electrons. The highest BCUT2D eigenvalue weighted by atomic mass is 35.5. The van der Waals surface area contributed by atoms with Crippen LogP contribution in [0.4, 0.5) is 5.69 Å². The largest absolute Gasteiger partial charge is 0.399 e. The van der Waals surface area contributed by atoms with Crippen LogP contribution >= 0.6 is 23.2 Å². The molecule has 5 nitrogen and oxygen atoms in total. The minimum Gasteiger partial charge on any atom is -0.399 e. The zero-order valence-corrected chi connectivity index (χ0v) is 12.0. The van der Waals surface area contributed by atoms with Crippen LogP contribution in [-0.4, -0.2) is 26.2 Å². The Morgan fingerprint density at radius 2 is 1.89 bits per heavy atom. The van der Waals surface area contributed by atoms with Crippen LogP contribution in [0, 0.1) is 0 Å². The van der Waals surface area contributed by atoms with E-state index in [4.69, 9.17) is 34.0 Å². The van der Waals surface area contributed by atoms with Crippen LogP contribution in [-0.2, 0) is 10.0 Å². The minimum atomic E-state index is -3.89. The summed E-state index contributed by atoms with van der Waals surface area (Å²) in [4.78, 5) is -0.230. The van der Waals surface area contributed by atoms with Crippen molar-refractivity contribution >= 4 is 38.9 Å². The van der Waals surface area contributed by atoms with Crippen LogP contribution in [0.3, 0.4) is 0 Å². The first-order valence-corrected chi connectivity index (χ1v) is 7.43. The van der Waals surface area contributed by atoms with Crippen molar-refractivity contribution in [3.05, 3.63) is 22.2 Å². The number of rotatable bonds is 5. The summed E-state index contributed by atoms with van der Waals surface area (Å²) >= 11 is 11.7. The second-order valence-corrected chi connectivity index (χ2v) is 6.19. The molecule has 0 saturated heterocycles. The highest BCUT2D eigenvalue weighted by Crippen LogP contribution is 2.31. The Balaban J connectivity index is 3.21. The molecule has 0 spiro atoms. The van der Waals surface area contributed by atoms with Gasteiger partial charge in [-0.2, -0.15) is 0 Å². The van der Waals surface area contributed by atoms with Gasteiger partial charge in [-0.3, -0.25) is 0 Å². The first-order chi connectivity index (χ1) is 8.31. The molecule has 102 valence electrons. The van der Waals surface area contributed by atoms with Gasteiger partial charge in [-0.05, 0) is 18.6 Å². The van der Waals surface area contributed by atoms with Crippen molar-refractivity contribution in [1.82, 2.24) is 4.72 Å². The molecule has 1 atom stereocenters. The van der Waals surface area contributed by atoms with E-state index >= 15 is 0 Å². The van der Waals surface area contributed by atoms with E-state index < -0.39 is 16.1 Å². The number of halogens is 2. The Morgan fingerprint density at radius 1 is 1.39 bits per heavy atom. The fraction of sp³-hybridized carbons (Fsp3) is 0.400. The molecule has 0 bridgehead atoms. The predicted molar refractivity (Wildman–Crippen MR) is 72.4 cm³/mol. The van der Waals surface area contributed by atoms with E-state index in [-0.39, 0.29) is 27.2 Å². The van der Waals surface area contributed by atoms with Gasteiger partial charge in [0, 0.05) is 11.7 Å². The SMILES string of the molecule is CCC(CO)NS(=O)(=O)c1c(Cl)cc(N)cc1Cl. The van der Waals surface area contributed by atoms with Gasteiger partial charge in [-0.1, -0.05) is 30.1 Å². The molecular weight excluding hydrogens is 299 g/mol. The number of anilines is 1. The maximum absolute atomic E-state index is 12.1. The molecule has 1 rings (SSSR count). The van der Waals surface area contributed by atoms with Gasteiger partial charge in [0.05, 0.1) is 16.7 Å². The molecule has 0 saturated carbocycles. The summed E-state index contributed by atoms with van der Waals surface area (Å²) in [7, 11) is -3.89. The van der Waals surface area contributed by atoms with Gasteiger partial charge in [-0.25, -0.2) is 13.1 Å². The number of nitrogens with one attached hydrogen (secondary N) is 1. The van der Waals surface area contributed by atoms with Crippen LogP contribution in [0.25, 0.3) is 0 Å². The van der Waals surface area contributed by atoms with E-state index in [1.165, 1.54) is 12.1 Å². The molecule has 8 heteroatoms. The lowest BCUT2D eigenvalue weighted by atomic mass is 10.3. The zero-order chi connectivity index (χ0) is 13.9. The van der Waals surface area contributed by atoms with Gasteiger partial charge in [0.15, 0.2) is 0 Å². The number of aliphatic hydroxyl groups is 1. The molecular formula is C10H14Cl2N2O3S. The first kappa shape index (κ1) is 15.5. The topological polar surface area (TPSA) is 92.4 Å². The summed E-state index contributed by atoms with van der Waals surface area (Å²) in [5, 5.41) is 8.90. The summed E-state index contributed by atoms with van der Waals surface area (Å²) in [6, 6.07) is 2.03. The number of aliphatic hydroxyl groups excluding tert-OH is 1. The second-order valence-electron chi connectivity index (χ2n) is 3.72. The van der Waals surface area contributed by atoms with Crippen molar-refractivity contribution < 1.29 is 13.5 Å². The summed E-state index contributed by atoms with van der Waals surface area (Å²) in [6.07, 6.45) is 0.444. The van der Waals surface area contributed by atoms with Crippen molar-refractivity contribution in [1.29, 1.82) is 0 Å². The third-order valence-corrected chi connectivity index (χ3v) is 4.77. The first-order valence-electron chi connectivity index (χ1n) is 5.19. The number of hydrogen-bond donors (Lipinski definition) is 3. The van der Waals surface area contributed by atoms with E-state index in [9.17, 15) is 8.42 Å². The molecule has 0 aliphatic carbocycles. The molecule has 18 heavy (non-hydrogen) atoms.